The third-order valence-electron chi connectivity index (χ3n) is 4.21. The first-order valence-corrected chi connectivity index (χ1v) is 8.10. The topological polar surface area (TPSA) is 101 Å². The molecule has 1 aliphatic rings. The van der Waals surface area contributed by atoms with E-state index in [1.807, 2.05) is 6.07 Å². The van der Waals surface area contributed by atoms with E-state index in [0.29, 0.717) is 24.2 Å². The first-order chi connectivity index (χ1) is 12.5. The fraction of sp³-hybridized carbons (Fsp3) is 0.278. The second-order valence-electron chi connectivity index (χ2n) is 5.80. The van der Waals surface area contributed by atoms with Gasteiger partial charge < -0.3 is 24.7 Å². The molecule has 0 spiro atoms. The molecule has 2 N–H and O–H groups in total. The van der Waals surface area contributed by atoms with Crippen LogP contribution in [0.2, 0.25) is 0 Å². The number of methoxy groups -OCH3 is 1. The number of nitrogens with zero attached hydrogens (tertiary/aromatic N) is 1. The Morgan fingerprint density at radius 3 is 2.81 bits per heavy atom. The lowest BCUT2D eigenvalue weighted by Gasteiger charge is -2.16. The van der Waals surface area contributed by atoms with Crippen molar-refractivity contribution in [2.24, 2.45) is 0 Å². The van der Waals surface area contributed by atoms with Crippen LogP contribution >= 0.6 is 0 Å². The van der Waals surface area contributed by atoms with Gasteiger partial charge in [-0.25, -0.2) is 9.59 Å². The zero-order chi connectivity index (χ0) is 18.7. The molecule has 26 heavy (non-hydrogen) atoms. The number of hydrogen-bond donors (Lipinski definition) is 2. The molecule has 8 heteroatoms. The molecular weight excluding hydrogens is 338 g/mol. The quantitative estimate of drug-likeness (QED) is 0.818. The molecule has 3 rings (SSSR count). The van der Waals surface area contributed by atoms with E-state index in [1.54, 1.807) is 23.1 Å². The Morgan fingerprint density at radius 1 is 1.27 bits per heavy atom. The lowest BCUT2D eigenvalue weighted by Crippen LogP contribution is -2.29. The van der Waals surface area contributed by atoms with E-state index in [2.05, 4.69) is 15.4 Å². The summed E-state index contributed by atoms with van der Waals surface area (Å²) in [5, 5.41) is 5.47. The van der Waals surface area contributed by atoms with Crippen molar-refractivity contribution in [3.63, 3.8) is 0 Å². The summed E-state index contributed by atoms with van der Waals surface area (Å²) in [4.78, 5) is 37.1. The van der Waals surface area contributed by atoms with Crippen LogP contribution in [-0.4, -0.2) is 31.6 Å². The molecule has 0 unspecified atom stereocenters. The molecule has 2 aromatic rings. The minimum Gasteiger partial charge on any atom is -0.463 e. The van der Waals surface area contributed by atoms with Crippen LogP contribution in [0, 0.1) is 0 Å². The van der Waals surface area contributed by atoms with Crippen molar-refractivity contribution < 1.29 is 23.5 Å². The van der Waals surface area contributed by atoms with Gasteiger partial charge in [-0.1, -0.05) is 6.07 Å². The molecule has 0 bridgehead atoms. The maximum absolute atomic E-state index is 12.2. The fourth-order valence-corrected chi connectivity index (χ4v) is 2.97. The summed E-state index contributed by atoms with van der Waals surface area (Å²) in [6.07, 6.45) is 2.04. The average molecular weight is 357 g/mol. The number of urea groups is 1. The Hall–Kier alpha value is -3.29. The van der Waals surface area contributed by atoms with E-state index in [1.165, 1.54) is 20.3 Å². The summed E-state index contributed by atoms with van der Waals surface area (Å²) in [5.74, 6) is -0.566. The maximum Gasteiger partial charge on any atom is 0.374 e. The Kier molecular flexibility index (Phi) is 4.92. The van der Waals surface area contributed by atoms with Gasteiger partial charge in [0.15, 0.2) is 0 Å². The molecule has 0 aliphatic carbocycles. The summed E-state index contributed by atoms with van der Waals surface area (Å²) < 4.78 is 9.70. The number of fused-ring (bicyclic) bond motifs is 1. The number of nitrogens with one attached hydrogen (secondary N) is 2. The van der Waals surface area contributed by atoms with Crippen molar-refractivity contribution in [1.82, 2.24) is 5.32 Å². The fourth-order valence-electron chi connectivity index (χ4n) is 2.97. The lowest BCUT2D eigenvalue weighted by atomic mass is 10.1. The van der Waals surface area contributed by atoms with E-state index in [-0.39, 0.29) is 18.2 Å². The SMILES string of the molecule is COC(=O)c1occc1CNC(=O)Nc1cccc2c1CCN2C(C)=O. The van der Waals surface area contributed by atoms with Crippen molar-refractivity contribution in [3.8, 4) is 0 Å². The molecule has 0 atom stereocenters. The Morgan fingerprint density at radius 2 is 2.08 bits per heavy atom. The van der Waals surface area contributed by atoms with Crippen LogP contribution in [0.3, 0.4) is 0 Å². The van der Waals surface area contributed by atoms with E-state index in [0.717, 1.165) is 11.3 Å². The molecule has 1 aromatic heterocycles. The molecule has 0 fully saturated rings. The van der Waals surface area contributed by atoms with Crippen molar-refractivity contribution in [2.45, 2.75) is 19.9 Å². The van der Waals surface area contributed by atoms with E-state index in [9.17, 15) is 14.4 Å². The third-order valence-corrected chi connectivity index (χ3v) is 4.21. The van der Waals surface area contributed by atoms with E-state index >= 15 is 0 Å². The molecule has 3 amide bonds. The second kappa shape index (κ2) is 7.30. The van der Waals surface area contributed by atoms with Crippen molar-refractivity contribution >= 4 is 29.3 Å². The Labute approximate surface area is 150 Å². The summed E-state index contributed by atoms with van der Waals surface area (Å²) in [7, 11) is 1.26. The van der Waals surface area contributed by atoms with E-state index in [4.69, 9.17) is 4.42 Å². The highest BCUT2D eigenvalue weighted by Gasteiger charge is 2.25. The zero-order valence-electron chi connectivity index (χ0n) is 14.5. The smallest absolute Gasteiger partial charge is 0.374 e. The molecule has 0 saturated carbocycles. The molecular formula is C18H19N3O5. The first-order valence-electron chi connectivity index (χ1n) is 8.10. The summed E-state index contributed by atoms with van der Waals surface area (Å²) in [6, 6.07) is 6.62. The minimum absolute atomic E-state index is 0.0272. The van der Waals surface area contributed by atoms with Crippen molar-refractivity contribution in [2.75, 3.05) is 23.9 Å². The molecule has 1 aliphatic heterocycles. The predicted molar refractivity (Wildman–Crippen MR) is 94.1 cm³/mol. The molecule has 136 valence electrons. The lowest BCUT2D eigenvalue weighted by molar-refractivity contribution is -0.116. The van der Waals surface area contributed by atoms with Crippen LogP contribution in [0.15, 0.2) is 34.9 Å². The largest absolute Gasteiger partial charge is 0.463 e. The van der Waals surface area contributed by atoms with Gasteiger partial charge in [-0.15, -0.1) is 0 Å². The van der Waals surface area contributed by atoms with Crippen LogP contribution < -0.4 is 15.5 Å². The highest BCUT2D eigenvalue weighted by atomic mass is 16.5. The van der Waals surface area contributed by atoms with Crippen molar-refractivity contribution in [3.05, 3.63) is 47.4 Å². The standard InChI is InChI=1S/C18H19N3O5/c1-11(22)21-8-6-13-14(4-3-5-15(13)21)20-18(24)19-10-12-7-9-26-16(12)17(23)25-2/h3-5,7,9H,6,8,10H2,1-2H3,(H2,19,20,24). The normalized spacial score (nSPS) is 12.5. The number of rotatable bonds is 4. The maximum atomic E-state index is 12.2. The highest BCUT2D eigenvalue weighted by Crippen LogP contribution is 2.33. The highest BCUT2D eigenvalue weighted by molar-refractivity contribution is 5.97. The van der Waals surface area contributed by atoms with Crippen LogP contribution in [0.5, 0.6) is 0 Å². The molecule has 2 heterocycles. The van der Waals surface area contributed by atoms with Gasteiger partial charge in [-0.05, 0) is 24.6 Å². The number of carbonyl (C=O) groups is 3. The summed E-state index contributed by atoms with van der Waals surface area (Å²) in [6.45, 7) is 2.23. The Balaban J connectivity index is 1.66. The van der Waals surface area contributed by atoms with Crippen LogP contribution in [0.25, 0.3) is 0 Å². The number of benzene rings is 1. The van der Waals surface area contributed by atoms with Gasteiger partial charge in [0.2, 0.25) is 11.7 Å². The summed E-state index contributed by atoms with van der Waals surface area (Å²) in [5.41, 5.74) is 2.92. The number of carbonyl (C=O) groups excluding carboxylic acids is 3. The molecule has 8 nitrogen and oxygen atoms in total. The van der Waals surface area contributed by atoms with Gasteiger partial charge in [0, 0.05) is 42.5 Å². The number of ether oxygens (including phenoxy) is 1. The number of hydrogen-bond acceptors (Lipinski definition) is 5. The monoisotopic (exact) mass is 357 g/mol. The molecule has 0 radical (unpaired) electrons. The number of anilines is 2. The predicted octanol–water partition coefficient (Wildman–Crippen LogP) is 2.30. The van der Waals surface area contributed by atoms with Gasteiger partial charge in [-0.3, -0.25) is 4.79 Å². The van der Waals surface area contributed by atoms with Gasteiger partial charge in [-0.2, -0.15) is 0 Å². The zero-order valence-corrected chi connectivity index (χ0v) is 14.5. The Bertz CT molecular complexity index is 858. The third kappa shape index (κ3) is 3.39. The number of furan rings is 1. The van der Waals surface area contributed by atoms with E-state index < -0.39 is 12.0 Å². The van der Waals surface area contributed by atoms with Gasteiger partial charge >= 0.3 is 12.0 Å². The van der Waals surface area contributed by atoms with Gasteiger partial charge in [0.05, 0.1) is 13.4 Å². The second-order valence-corrected chi connectivity index (χ2v) is 5.80. The van der Waals surface area contributed by atoms with Crippen LogP contribution in [-0.2, 0) is 22.5 Å². The summed E-state index contributed by atoms with van der Waals surface area (Å²) >= 11 is 0. The van der Waals surface area contributed by atoms with Crippen LogP contribution in [0.4, 0.5) is 16.2 Å². The number of amides is 3. The van der Waals surface area contributed by atoms with Crippen LogP contribution in [0.1, 0.15) is 28.6 Å². The number of esters is 1. The van der Waals surface area contributed by atoms with Gasteiger partial charge in [0.1, 0.15) is 0 Å². The molecule has 1 aromatic carbocycles. The van der Waals surface area contributed by atoms with Crippen molar-refractivity contribution in [1.29, 1.82) is 0 Å². The van der Waals surface area contributed by atoms with Gasteiger partial charge in [0.25, 0.3) is 0 Å². The average Bonchev–Trinajstić information content (AvgIpc) is 3.26. The first kappa shape index (κ1) is 17.5. The minimum atomic E-state index is -0.600. The molecule has 0 saturated heterocycles.